The minimum atomic E-state index is -0.366. The molecule has 0 spiro atoms. The van der Waals surface area contributed by atoms with Gasteiger partial charge in [0.05, 0.1) is 5.92 Å². The van der Waals surface area contributed by atoms with Gasteiger partial charge in [0, 0.05) is 35.7 Å². The molecule has 0 aromatic heterocycles. The second-order valence-electron chi connectivity index (χ2n) is 8.18. The molecule has 1 saturated heterocycles. The molecule has 1 aliphatic heterocycles. The zero-order chi connectivity index (χ0) is 21.8. The molecule has 2 amide bonds. The smallest absolute Gasteiger partial charge is 0.229 e. The summed E-state index contributed by atoms with van der Waals surface area (Å²) in [5.74, 6) is -0.188. The molecule has 0 aliphatic carbocycles. The van der Waals surface area contributed by atoms with Gasteiger partial charge >= 0.3 is 0 Å². The Balaban J connectivity index is 1.40. The largest absolute Gasteiger partial charge is 0.356 e. The fourth-order valence-electron chi connectivity index (χ4n) is 3.91. The topological polar surface area (TPSA) is 61.4 Å². The molecule has 0 radical (unpaired) electrons. The molecule has 0 bridgehead atoms. The van der Waals surface area contributed by atoms with Crippen LogP contribution in [0.2, 0.25) is 0 Å². The average Bonchev–Trinajstić information content (AvgIpc) is 3.17. The molecule has 1 heterocycles. The summed E-state index contributed by atoms with van der Waals surface area (Å²) < 4.78 is 0. The van der Waals surface area contributed by atoms with E-state index in [0.29, 0.717) is 12.5 Å². The lowest BCUT2D eigenvalue weighted by Gasteiger charge is -2.22. The van der Waals surface area contributed by atoms with Gasteiger partial charge < -0.3 is 15.5 Å². The third-order valence-electron chi connectivity index (χ3n) is 5.56. The van der Waals surface area contributed by atoms with Crippen molar-refractivity contribution in [1.29, 1.82) is 0 Å². The summed E-state index contributed by atoms with van der Waals surface area (Å²) in [6.45, 7) is 4.63. The number of hydrogen-bond acceptors (Lipinski definition) is 3. The van der Waals surface area contributed by atoms with Crippen molar-refractivity contribution in [1.82, 2.24) is 0 Å². The summed E-state index contributed by atoms with van der Waals surface area (Å²) in [4.78, 5) is 27.3. The minimum Gasteiger partial charge on any atom is -0.356 e. The number of para-hydroxylation sites is 2. The van der Waals surface area contributed by atoms with Gasteiger partial charge in [0.1, 0.15) is 0 Å². The Hall–Kier alpha value is -3.60. The number of amides is 2. The van der Waals surface area contributed by atoms with Crippen molar-refractivity contribution in [2.24, 2.45) is 5.92 Å². The molecule has 1 atom stereocenters. The van der Waals surface area contributed by atoms with Crippen LogP contribution in [0.3, 0.4) is 0 Å². The maximum Gasteiger partial charge on any atom is 0.229 e. The Morgan fingerprint density at radius 1 is 0.871 bits per heavy atom. The number of anilines is 4. The van der Waals surface area contributed by atoms with Gasteiger partial charge in [0.15, 0.2) is 0 Å². The lowest BCUT2D eigenvalue weighted by atomic mass is 10.0. The molecule has 31 heavy (non-hydrogen) atoms. The van der Waals surface area contributed by atoms with Crippen molar-refractivity contribution in [2.75, 3.05) is 22.1 Å². The second kappa shape index (κ2) is 9.04. The first-order valence-corrected chi connectivity index (χ1v) is 10.6. The van der Waals surface area contributed by atoms with E-state index in [1.54, 1.807) is 4.90 Å². The third kappa shape index (κ3) is 4.77. The second-order valence-corrected chi connectivity index (χ2v) is 8.18. The van der Waals surface area contributed by atoms with Gasteiger partial charge in [0.2, 0.25) is 11.8 Å². The normalized spacial score (nSPS) is 15.9. The van der Waals surface area contributed by atoms with Crippen LogP contribution < -0.4 is 15.5 Å². The minimum absolute atomic E-state index is 0.00402. The predicted octanol–water partition coefficient (Wildman–Crippen LogP) is 5.55. The van der Waals surface area contributed by atoms with E-state index >= 15 is 0 Å². The monoisotopic (exact) mass is 413 g/mol. The highest BCUT2D eigenvalue weighted by molar-refractivity contribution is 6.04. The maximum absolute atomic E-state index is 12.8. The van der Waals surface area contributed by atoms with Gasteiger partial charge in [-0.1, -0.05) is 50.2 Å². The molecule has 1 aliphatic rings. The van der Waals surface area contributed by atoms with Crippen LogP contribution in [0.4, 0.5) is 22.7 Å². The summed E-state index contributed by atoms with van der Waals surface area (Å²) in [6.07, 6.45) is 0.228. The van der Waals surface area contributed by atoms with E-state index in [1.807, 2.05) is 78.9 Å². The molecule has 3 aromatic rings. The van der Waals surface area contributed by atoms with Gasteiger partial charge in [-0.3, -0.25) is 9.59 Å². The molecule has 158 valence electrons. The first-order valence-electron chi connectivity index (χ1n) is 10.6. The molecular formula is C26H27N3O2. The first-order chi connectivity index (χ1) is 15.0. The van der Waals surface area contributed by atoms with E-state index in [-0.39, 0.29) is 24.2 Å². The molecule has 5 heteroatoms. The van der Waals surface area contributed by atoms with E-state index in [4.69, 9.17) is 0 Å². The van der Waals surface area contributed by atoms with E-state index in [1.165, 1.54) is 0 Å². The average molecular weight is 414 g/mol. The van der Waals surface area contributed by atoms with Crippen LogP contribution in [-0.4, -0.2) is 18.4 Å². The van der Waals surface area contributed by atoms with Crippen LogP contribution in [0.1, 0.15) is 31.7 Å². The van der Waals surface area contributed by atoms with Crippen LogP contribution >= 0.6 is 0 Å². The standard InChI is InChI=1S/C26H27N3O2/c1-18(2)23-10-6-7-11-24(23)29-17-19(16-25(29)30)26(31)28-22-14-12-21(13-15-22)27-20-8-4-3-5-9-20/h3-15,18-19,27H,16-17H2,1-2H3,(H,28,31). The maximum atomic E-state index is 12.8. The summed E-state index contributed by atoms with van der Waals surface area (Å²) in [5, 5.41) is 6.28. The van der Waals surface area contributed by atoms with Crippen LogP contribution in [0.15, 0.2) is 78.9 Å². The molecule has 1 fully saturated rings. The highest BCUT2D eigenvalue weighted by atomic mass is 16.2. The molecule has 4 rings (SSSR count). The number of carbonyl (C=O) groups is 2. The molecule has 5 nitrogen and oxygen atoms in total. The fraction of sp³-hybridized carbons (Fsp3) is 0.231. The number of benzene rings is 3. The highest BCUT2D eigenvalue weighted by Gasteiger charge is 2.36. The van der Waals surface area contributed by atoms with Gasteiger partial charge in [-0.25, -0.2) is 0 Å². The number of nitrogens with zero attached hydrogens (tertiary/aromatic N) is 1. The van der Waals surface area contributed by atoms with E-state index in [9.17, 15) is 9.59 Å². The lowest BCUT2D eigenvalue weighted by Crippen LogP contribution is -2.28. The Morgan fingerprint density at radius 2 is 1.48 bits per heavy atom. The molecule has 3 aromatic carbocycles. The molecule has 2 N–H and O–H groups in total. The zero-order valence-corrected chi connectivity index (χ0v) is 17.8. The van der Waals surface area contributed by atoms with Crippen LogP contribution in [0.5, 0.6) is 0 Å². The van der Waals surface area contributed by atoms with Gasteiger partial charge in [0.25, 0.3) is 0 Å². The van der Waals surface area contributed by atoms with Gasteiger partial charge in [-0.2, -0.15) is 0 Å². The van der Waals surface area contributed by atoms with Crippen molar-refractivity contribution in [3.63, 3.8) is 0 Å². The zero-order valence-electron chi connectivity index (χ0n) is 17.8. The third-order valence-corrected chi connectivity index (χ3v) is 5.56. The van der Waals surface area contributed by atoms with Gasteiger partial charge in [-0.05, 0) is 53.9 Å². The van der Waals surface area contributed by atoms with Crippen LogP contribution in [0.25, 0.3) is 0 Å². The molecular weight excluding hydrogens is 386 g/mol. The predicted molar refractivity (Wildman–Crippen MR) is 126 cm³/mol. The highest BCUT2D eigenvalue weighted by Crippen LogP contribution is 2.32. The van der Waals surface area contributed by atoms with E-state index < -0.39 is 0 Å². The van der Waals surface area contributed by atoms with Crippen LogP contribution in [0, 0.1) is 5.92 Å². The Labute approximate surface area is 183 Å². The Kier molecular flexibility index (Phi) is 6.03. The Morgan fingerprint density at radius 3 is 2.19 bits per heavy atom. The number of hydrogen-bond donors (Lipinski definition) is 2. The lowest BCUT2D eigenvalue weighted by molar-refractivity contribution is -0.122. The number of carbonyl (C=O) groups excluding carboxylic acids is 2. The quantitative estimate of drug-likeness (QED) is 0.557. The molecule has 0 saturated carbocycles. The summed E-state index contributed by atoms with van der Waals surface area (Å²) in [7, 11) is 0. The van der Waals surface area contributed by atoms with Crippen LogP contribution in [-0.2, 0) is 9.59 Å². The van der Waals surface area contributed by atoms with Crippen molar-refractivity contribution in [3.05, 3.63) is 84.4 Å². The number of rotatable bonds is 6. The summed E-state index contributed by atoms with van der Waals surface area (Å²) in [6, 6.07) is 25.4. The van der Waals surface area contributed by atoms with Crippen molar-refractivity contribution in [3.8, 4) is 0 Å². The first kappa shape index (κ1) is 20.7. The number of nitrogens with one attached hydrogen (secondary N) is 2. The molecule has 1 unspecified atom stereocenters. The Bertz CT molecular complexity index is 1060. The van der Waals surface area contributed by atoms with Gasteiger partial charge in [-0.15, -0.1) is 0 Å². The summed E-state index contributed by atoms with van der Waals surface area (Å²) in [5.41, 5.74) is 4.70. The summed E-state index contributed by atoms with van der Waals surface area (Å²) >= 11 is 0. The van der Waals surface area contributed by atoms with E-state index in [2.05, 4.69) is 24.5 Å². The SMILES string of the molecule is CC(C)c1ccccc1N1CC(C(=O)Nc2ccc(Nc3ccccc3)cc2)CC1=O. The van der Waals surface area contributed by atoms with Crippen molar-refractivity contribution in [2.45, 2.75) is 26.2 Å². The van der Waals surface area contributed by atoms with E-state index in [0.717, 1.165) is 28.3 Å². The van der Waals surface area contributed by atoms with Crippen molar-refractivity contribution >= 4 is 34.6 Å². The van der Waals surface area contributed by atoms with Crippen molar-refractivity contribution < 1.29 is 9.59 Å². The fourth-order valence-corrected chi connectivity index (χ4v) is 3.91.